The van der Waals surface area contributed by atoms with Gasteiger partial charge in [-0.15, -0.1) is 0 Å². The Balaban J connectivity index is 2.24. The molecule has 1 fully saturated rings. The van der Waals surface area contributed by atoms with Crippen molar-refractivity contribution in [1.29, 1.82) is 0 Å². The third-order valence-corrected chi connectivity index (χ3v) is 4.98. The topological polar surface area (TPSA) is 64.3 Å². The van der Waals surface area contributed by atoms with Crippen LogP contribution in [0.3, 0.4) is 0 Å². The van der Waals surface area contributed by atoms with Gasteiger partial charge in [-0.05, 0) is 37.7 Å². The molecule has 3 N–H and O–H groups in total. The lowest BCUT2D eigenvalue weighted by atomic mass is 10.1. The summed E-state index contributed by atoms with van der Waals surface area (Å²) in [5, 5.41) is 4.51. The number of methoxy groups -OCH3 is 1. The van der Waals surface area contributed by atoms with E-state index in [9.17, 15) is 4.79 Å². The number of hydrogen-bond donors (Lipinski definition) is 2. The number of ether oxygens (including phenoxy) is 1. The predicted octanol–water partition coefficient (Wildman–Crippen LogP) is 3.40. The Morgan fingerprint density at radius 2 is 2.25 bits per heavy atom. The van der Waals surface area contributed by atoms with Gasteiger partial charge in [-0.1, -0.05) is 11.6 Å². The first-order chi connectivity index (χ1) is 9.55. The third kappa shape index (κ3) is 3.33. The van der Waals surface area contributed by atoms with E-state index in [1.807, 2.05) is 11.8 Å². The number of thioether (sulfide) groups is 1. The fraction of sp³-hybridized carbons (Fsp3) is 0.500. The van der Waals surface area contributed by atoms with E-state index in [1.54, 1.807) is 12.1 Å². The molecule has 110 valence electrons. The van der Waals surface area contributed by atoms with Crippen LogP contribution in [-0.2, 0) is 4.74 Å². The van der Waals surface area contributed by atoms with Gasteiger partial charge in [0.05, 0.1) is 23.4 Å². The van der Waals surface area contributed by atoms with Crippen LogP contribution < -0.4 is 11.1 Å². The molecule has 6 heteroatoms. The number of hydrogen-bond acceptors (Lipinski definition) is 5. The van der Waals surface area contributed by atoms with E-state index in [-0.39, 0.29) is 0 Å². The molecule has 0 aromatic heterocycles. The zero-order valence-electron chi connectivity index (χ0n) is 11.6. The number of carbonyl (C=O) groups is 1. The minimum atomic E-state index is -0.430. The first kappa shape index (κ1) is 15.3. The maximum atomic E-state index is 11.9. The van der Waals surface area contributed by atoms with E-state index in [1.165, 1.54) is 13.5 Å². The highest BCUT2D eigenvalue weighted by molar-refractivity contribution is 7.99. The highest BCUT2D eigenvalue weighted by atomic mass is 35.5. The molecule has 0 radical (unpaired) electrons. The first-order valence-corrected chi connectivity index (χ1v) is 8.18. The molecule has 1 aromatic carbocycles. The number of nitrogens with two attached hydrogens (primary N) is 1. The second-order valence-corrected chi connectivity index (χ2v) is 6.47. The largest absolute Gasteiger partial charge is 0.465 e. The lowest BCUT2D eigenvalue weighted by molar-refractivity contribution is 0.0602. The summed E-state index contributed by atoms with van der Waals surface area (Å²) in [6.07, 6.45) is 5.46. The summed E-state index contributed by atoms with van der Waals surface area (Å²) in [4.78, 5) is 11.9. The molecule has 0 saturated heterocycles. The van der Waals surface area contributed by atoms with Crippen molar-refractivity contribution in [1.82, 2.24) is 0 Å². The number of anilines is 2. The molecule has 2 atom stereocenters. The smallest absolute Gasteiger partial charge is 0.340 e. The molecule has 2 unspecified atom stereocenters. The highest BCUT2D eigenvalue weighted by Crippen LogP contribution is 2.35. The van der Waals surface area contributed by atoms with Crippen LogP contribution in [-0.4, -0.2) is 30.6 Å². The van der Waals surface area contributed by atoms with Gasteiger partial charge in [0.25, 0.3) is 0 Å². The zero-order chi connectivity index (χ0) is 14.7. The Bertz CT molecular complexity index is 510. The quantitative estimate of drug-likeness (QED) is 0.658. The molecule has 1 aromatic rings. The Morgan fingerprint density at radius 3 is 2.85 bits per heavy atom. The van der Waals surface area contributed by atoms with Gasteiger partial charge in [0.15, 0.2) is 0 Å². The molecule has 1 aliphatic carbocycles. The van der Waals surface area contributed by atoms with Crippen molar-refractivity contribution >= 4 is 40.7 Å². The zero-order valence-corrected chi connectivity index (χ0v) is 13.2. The van der Waals surface area contributed by atoms with Gasteiger partial charge in [-0.3, -0.25) is 0 Å². The van der Waals surface area contributed by atoms with Crippen LogP contribution in [0, 0.1) is 0 Å². The molecule has 20 heavy (non-hydrogen) atoms. The fourth-order valence-electron chi connectivity index (χ4n) is 2.53. The molecule has 2 rings (SSSR count). The molecule has 0 heterocycles. The highest BCUT2D eigenvalue weighted by Gasteiger charge is 2.26. The van der Waals surface area contributed by atoms with Crippen LogP contribution in [0.2, 0.25) is 5.02 Å². The average molecular weight is 315 g/mol. The van der Waals surface area contributed by atoms with Crippen LogP contribution in [0.15, 0.2) is 12.1 Å². The summed E-state index contributed by atoms with van der Waals surface area (Å²) in [6.45, 7) is 0. The summed E-state index contributed by atoms with van der Waals surface area (Å²) in [5.74, 6) is -0.430. The molecular formula is C14H19ClN2O2S. The van der Waals surface area contributed by atoms with Crippen molar-refractivity contribution in [3.63, 3.8) is 0 Å². The summed E-state index contributed by atoms with van der Waals surface area (Å²) in [5.41, 5.74) is 7.22. The van der Waals surface area contributed by atoms with Crippen molar-refractivity contribution in [3.05, 3.63) is 22.7 Å². The van der Waals surface area contributed by atoms with Gasteiger partial charge in [0.2, 0.25) is 0 Å². The van der Waals surface area contributed by atoms with E-state index in [0.29, 0.717) is 33.3 Å². The van der Waals surface area contributed by atoms with Gasteiger partial charge in [0, 0.05) is 17.0 Å². The van der Waals surface area contributed by atoms with Crippen LogP contribution in [0.25, 0.3) is 0 Å². The average Bonchev–Trinajstić information content (AvgIpc) is 2.88. The van der Waals surface area contributed by atoms with Crippen LogP contribution in [0.1, 0.15) is 29.6 Å². The minimum absolute atomic E-state index is 0.331. The van der Waals surface area contributed by atoms with Gasteiger partial charge in [-0.2, -0.15) is 11.8 Å². The van der Waals surface area contributed by atoms with Gasteiger partial charge in [-0.25, -0.2) is 4.79 Å². The molecule has 0 amide bonds. The Hall–Kier alpha value is -1.07. The molecule has 0 aliphatic heterocycles. The van der Waals surface area contributed by atoms with Crippen LogP contribution in [0.4, 0.5) is 11.4 Å². The summed E-state index contributed by atoms with van der Waals surface area (Å²) < 4.78 is 4.80. The number of esters is 1. The van der Waals surface area contributed by atoms with E-state index < -0.39 is 5.97 Å². The standard InChI is InChI=1S/C14H19ClN2O2S/c1-19-14(18)11-5-8(16)6-12(15)13(11)17-9-3-4-10(7-9)20-2/h5-6,9-10,17H,3-4,7,16H2,1-2H3. The van der Waals surface area contributed by atoms with Gasteiger partial charge >= 0.3 is 5.97 Å². The second-order valence-electron chi connectivity index (χ2n) is 4.93. The number of rotatable bonds is 4. The SMILES string of the molecule is COC(=O)c1cc(N)cc(Cl)c1NC1CCC(SC)C1. The lowest BCUT2D eigenvalue weighted by Crippen LogP contribution is -2.19. The van der Waals surface area contributed by atoms with Crippen molar-refractivity contribution < 1.29 is 9.53 Å². The van der Waals surface area contributed by atoms with Gasteiger partial charge in [0.1, 0.15) is 0 Å². The van der Waals surface area contributed by atoms with E-state index in [2.05, 4.69) is 11.6 Å². The second kappa shape index (κ2) is 6.59. The Kier molecular flexibility index (Phi) is 5.05. The Morgan fingerprint density at radius 1 is 1.50 bits per heavy atom. The maximum Gasteiger partial charge on any atom is 0.340 e. The molecule has 4 nitrogen and oxygen atoms in total. The molecular weight excluding hydrogens is 296 g/mol. The number of halogens is 1. The number of benzene rings is 1. The van der Waals surface area contributed by atoms with Crippen LogP contribution in [0.5, 0.6) is 0 Å². The van der Waals surface area contributed by atoms with Crippen molar-refractivity contribution in [2.45, 2.75) is 30.6 Å². The van der Waals surface area contributed by atoms with Crippen molar-refractivity contribution in [2.75, 3.05) is 24.4 Å². The van der Waals surface area contributed by atoms with Gasteiger partial charge < -0.3 is 15.8 Å². The lowest BCUT2D eigenvalue weighted by Gasteiger charge is -2.18. The van der Waals surface area contributed by atoms with Crippen molar-refractivity contribution in [3.8, 4) is 0 Å². The molecule has 0 bridgehead atoms. The molecule has 1 aliphatic rings. The normalized spacial score (nSPS) is 21.8. The molecule has 1 saturated carbocycles. The summed E-state index contributed by atoms with van der Waals surface area (Å²) in [6, 6.07) is 3.58. The fourth-order valence-corrected chi connectivity index (χ4v) is 3.61. The van der Waals surface area contributed by atoms with Crippen LogP contribution >= 0.6 is 23.4 Å². The van der Waals surface area contributed by atoms with E-state index in [4.69, 9.17) is 22.1 Å². The number of carbonyl (C=O) groups excluding carboxylic acids is 1. The number of nitrogen functional groups attached to an aromatic ring is 1. The minimum Gasteiger partial charge on any atom is -0.465 e. The van der Waals surface area contributed by atoms with E-state index >= 15 is 0 Å². The monoisotopic (exact) mass is 314 g/mol. The number of nitrogens with one attached hydrogen (secondary N) is 1. The van der Waals surface area contributed by atoms with Crippen molar-refractivity contribution in [2.24, 2.45) is 0 Å². The first-order valence-electron chi connectivity index (χ1n) is 6.51. The predicted molar refractivity (Wildman–Crippen MR) is 85.8 cm³/mol. The van der Waals surface area contributed by atoms with E-state index in [0.717, 1.165) is 12.8 Å². The summed E-state index contributed by atoms with van der Waals surface area (Å²) >= 11 is 8.11. The summed E-state index contributed by atoms with van der Waals surface area (Å²) in [7, 11) is 1.35. The maximum absolute atomic E-state index is 11.9. The Labute approximate surface area is 128 Å². The third-order valence-electron chi connectivity index (χ3n) is 3.58. The molecule has 0 spiro atoms.